The van der Waals surface area contributed by atoms with Crippen LogP contribution in [0.3, 0.4) is 0 Å². The maximum Gasteiger partial charge on any atom is 0.119 e. The second-order valence-electron chi connectivity index (χ2n) is 8.41. The van der Waals surface area contributed by atoms with Crippen molar-refractivity contribution in [2.75, 3.05) is 19.7 Å². The van der Waals surface area contributed by atoms with Gasteiger partial charge >= 0.3 is 0 Å². The third-order valence-corrected chi connectivity index (χ3v) is 6.06. The van der Waals surface area contributed by atoms with Crippen molar-refractivity contribution < 1.29 is 4.74 Å². The lowest BCUT2D eigenvalue weighted by Gasteiger charge is -2.26. The number of nitrogens with one attached hydrogen (secondary N) is 1. The lowest BCUT2D eigenvalue weighted by atomic mass is 9.78. The molecule has 0 amide bonds. The van der Waals surface area contributed by atoms with Gasteiger partial charge in [0.2, 0.25) is 0 Å². The smallest absolute Gasteiger partial charge is 0.119 e. The minimum Gasteiger partial charge on any atom is -0.494 e. The van der Waals surface area contributed by atoms with Crippen LogP contribution < -0.4 is 10.1 Å². The van der Waals surface area contributed by atoms with Gasteiger partial charge in [-0.25, -0.2) is 0 Å². The highest BCUT2D eigenvalue weighted by Gasteiger charge is 2.22. The summed E-state index contributed by atoms with van der Waals surface area (Å²) in [5.41, 5.74) is 2.67. The van der Waals surface area contributed by atoms with Gasteiger partial charge in [-0.3, -0.25) is 0 Å². The van der Waals surface area contributed by atoms with E-state index in [0.29, 0.717) is 0 Å². The zero-order valence-corrected chi connectivity index (χ0v) is 17.0. The number of rotatable bonds is 9. The molecule has 0 spiro atoms. The maximum atomic E-state index is 5.96. The first-order valence-electron chi connectivity index (χ1n) is 10.7. The molecule has 1 heterocycles. The molecule has 146 valence electrons. The van der Waals surface area contributed by atoms with Crippen LogP contribution in [0.2, 0.25) is 0 Å². The highest BCUT2D eigenvalue weighted by molar-refractivity contribution is 5.39. The van der Waals surface area contributed by atoms with Crippen LogP contribution in [-0.2, 0) is 5.41 Å². The fourth-order valence-corrected chi connectivity index (χ4v) is 4.06. The number of piperidine rings is 1. The van der Waals surface area contributed by atoms with Crippen molar-refractivity contribution in [3.63, 3.8) is 0 Å². The van der Waals surface area contributed by atoms with E-state index in [2.05, 4.69) is 73.8 Å². The van der Waals surface area contributed by atoms with E-state index in [1.165, 1.54) is 56.3 Å². The SMILES string of the molecule is CC(C)(c1ccccc1)c1ccc(OCCCCCC2CCNCC2)cc1. The fourth-order valence-electron chi connectivity index (χ4n) is 4.06. The third-order valence-electron chi connectivity index (χ3n) is 6.06. The predicted octanol–water partition coefficient (Wildman–Crippen LogP) is 5.95. The molecule has 0 unspecified atom stereocenters. The van der Waals surface area contributed by atoms with Gasteiger partial charge in [-0.15, -0.1) is 0 Å². The molecule has 2 heteroatoms. The number of ether oxygens (including phenoxy) is 1. The Balaban J connectivity index is 1.39. The van der Waals surface area contributed by atoms with Crippen LogP contribution in [0, 0.1) is 5.92 Å². The van der Waals surface area contributed by atoms with Gasteiger partial charge in [-0.1, -0.05) is 75.6 Å². The summed E-state index contributed by atoms with van der Waals surface area (Å²) < 4.78 is 5.96. The first-order chi connectivity index (χ1) is 13.2. The van der Waals surface area contributed by atoms with E-state index in [0.717, 1.165) is 24.7 Å². The average Bonchev–Trinajstić information content (AvgIpc) is 2.72. The standard InChI is InChI=1S/C25H35NO/c1-25(2,22-10-6-3-7-11-22)23-12-14-24(15-13-23)27-20-8-4-5-9-21-16-18-26-19-17-21/h3,6-7,10-15,21,26H,4-5,8-9,16-20H2,1-2H3. The first-order valence-corrected chi connectivity index (χ1v) is 10.7. The average molecular weight is 366 g/mol. The number of unbranched alkanes of at least 4 members (excludes halogenated alkanes) is 2. The molecule has 2 nitrogen and oxygen atoms in total. The molecule has 0 aromatic heterocycles. The van der Waals surface area contributed by atoms with Gasteiger partial charge in [0.15, 0.2) is 0 Å². The normalized spacial score (nSPS) is 15.6. The second-order valence-corrected chi connectivity index (χ2v) is 8.41. The minimum atomic E-state index is 0.00836. The lowest BCUT2D eigenvalue weighted by molar-refractivity contribution is 0.295. The van der Waals surface area contributed by atoms with Crippen LogP contribution >= 0.6 is 0 Å². The number of hydrogen-bond acceptors (Lipinski definition) is 2. The van der Waals surface area contributed by atoms with Gasteiger partial charge < -0.3 is 10.1 Å². The van der Waals surface area contributed by atoms with Crippen LogP contribution in [0.1, 0.15) is 63.5 Å². The van der Waals surface area contributed by atoms with Gasteiger partial charge in [-0.05, 0) is 61.5 Å². The zero-order valence-electron chi connectivity index (χ0n) is 17.0. The fraction of sp³-hybridized carbons (Fsp3) is 0.520. The summed E-state index contributed by atoms with van der Waals surface area (Å²) in [6, 6.07) is 19.4. The van der Waals surface area contributed by atoms with E-state index in [1.54, 1.807) is 0 Å². The zero-order chi connectivity index (χ0) is 19.0. The van der Waals surface area contributed by atoms with E-state index in [9.17, 15) is 0 Å². The lowest BCUT2D eigenvalue weighted by Crippen LogP contribution is -2.27. The van der Waals surface area contributed by atoms with Crippen molar-refractivity contribution in [3.8, 4) is 5.75 Å². The summed E-state index contributed by atoms with van der Waals surface area (Å²) in [6.07, 6.45) is 7.90. The van der Waals surface area contributed by atoms with Gasteiger partial charge in [0, 0.05) is 5.41 Å². The van der Waals surface area contributed by atoms with E-state index in [1.807, 2.05) is 0 Å². The Labute approximate surface area is 165 Å². The van der Waals surface area contributed by atoms with Crippen LogP contribution in [0.4, 0.5) is 0 Å². The maximum absolute atomic E-state index is 5.96. The Bertz CT molecular complexity index is 656. The Kier molecular flexibility index (Phi) is 7.34. The van der Waals surface area contributed by atoms with Crippen LogP contribution in [-0.4, -0.2) is 19.7 Å². The molecular formula is C25H35NO. The monoisotopic (exact) mass is 365 g/mol. The first kappa shape index (κ1) is 19.9. The van der Waals surface area contributed by atoms with Crippen molar-refractivity contribution in [1.29, 1.82) is 0 Å². The number of hydrogen-bond donors (Lipinski definition) is 1. The molecule has 3 rings (SSSR count). The Morgan fingerprint density at radius 1 is 0.852 bits per heavy atom. The third kappa shape index (κ3) is 5.84. The molecule has 1 aliphatic heterocycles. The van der Waals surface area contributed by atoms with E-state index in [-0.39, 0.29) is 5.41 Å². The Morgan fingerprint density at radius 2 is 1.52 bits per heavy atom. The molecule has 1 fully saturated rings. The van der Waals surface area contributed by atoms with Gasteiger partial charge in [0.05, 0.1) is 6.61 Å². The summed E-state index contributed by atoms with van der Waals surface area (Å²) in [6.45, 7) is 7.81. The molecule has 1 saturated heterocycles. The quantitative estimate of drug-likeness (QED) is 0.554. The van der Waals surface area contributed by atoms with Gasteiger partial charge in [-0.2, -0.15) is 0 Å². The highest BCUT2D eigenvalue weighted by atomic mass is 16.5. The largest absolute Gasteiger partial charge is 0.494 e. The number of benzene rings is 2. The molecule has 0 aliphatic carbocycles. The molecule has 1 aliphatic rings. The molecule has 0 atom stereocenters. The minimum absolute atomic E-state index is 0.00836. The molecule has 0 radical (unpaired) electrons. The summed E-state index contributed by atoms with van der Waals surface area (Å²) in [7, 11) is 0. The van der Waals surface area contributed by atoms with E-state index < -0.39 is 0 Å². The highest BCUT2D eigenvalue weighted by Crippen LogP contribution is 2.32. The Hall–Kier alpha value is -1.80. The summed E-state index contributed by atoms with van der Waals surface area (Å²) in [5, 5.41) is 3.45. The molecule has 2 aromatic carbocycles. The van der Waals surface area contributed by atoms with Gasteiger partial charge in [0.25, 0.3) is 0 Å². The van der Waals surface area contributed by atoms with Crippen molar-refractivity contribution in [1.82, 2.24) is 5.32 Å². The molecule has 2 aromatic rings. The van der Waals surface area contributed by atoms with Crippen molar-refractivity contribution in [2.45, 2.75) is 57.8 Å². The predicted molar refractivity (Wildman–Crippen MR) is 115 cm³/mol. The van der Waals surface area contributed by atoms with Gasteiger partial charge in [0.1, 0.15) is 5.75 Å². The summed E-state index contributed by atoms with van der Waals surface area (Å²) >= 11 is 0. The van der Waals surface area contributed by atoms with Crippen molar-refractivity contribution >= 4 is 0 Å². The molecule has 1 N–H and O–H groups in total. The van der Waals surface area contributed by atoms with Crippen molar-refractivity contribution in [3.05, 3.63) is 65.7 Å². The van der Waals surface area contributed by atoms with Crippen LogP contribution in [0.5, 0.6) is 5.75 Å². The van der Waals surface area contributed by atoms with E-state index in [4.69, 9.17) is 4.74 Å². The summed E-state index contributed by atoms with van der Waals surface area (Å²) in [5.74, 6) is 1.94. The molecule has 0 saturated carbocycles. The second kappa shape index (κ2) is 9.94. The molecule has 27 heavy (non-hydrogen) atoms. The molecular weight excluding hydrogens is 330 g/mol. The topological polar surface area (TPSA) is 21.3 Å². The Morgan fingerprint density at radius 3 is 2.22 bits per heavy atom. The van der Waals surface area contributed by atoms with Crippen molar-refractivity contribution in [2.24, 2.45) is 5.92 Å². The summed E-state index contributed by atoms with van der Waals surface area (Å²) in [4.78, 5) is 0. The van der Waals surface area contributed by atoms with Crippen LogP contribution in [0.15, 0.2) is 54.6 Å². The molecule has 0 bridgehead atoms. The van der Waals surface area contributed by atoms with Crippen LogP contribution in [0.25, 0.3) is 0 Å². The van der Waals surface area contributed by atoms with E-state index >= 15 is 0 Å².